The fourth-order valence-electron chi connectivity index (χ4n) is 1.67. The summed E-state index contributed by atoms with van der Waals surface area (Å²) < 4.78 is 14.7. The summed E-state index contributed by atoms with van der Waals surface area (Å²) in [6.45, 7) is 0.732. The van der Waals surface area contributed by atoms with E-state index in [2.05, 4.69) is 10.4 Å². The van der Waals surface area contributed by atoms with E-state index in [1.54, 1.807) is 12.3 Å². The third-order valence-electron chi connectivity index (χ3n) is 2.63. The number of nitrogen functional groups attached to an aromatic ring is 1. The number of rotatable bonds is 4. The summed E-state index contributed by atoms with van der Waals surface area (Å²) in [5.74, 6) is -0.320. The molecule has 0 spiro atoms. The first kappa shape index (κ1) is 11.4. The zero-order chi connectivity index (χ0) is 12.3. The Morgan fingerprint density at radius 1 is 1.41 bits per heavy atom. The van der Waals surface area contributed by atoms with Gasteiger partial charge in [0.1, 0.15) is 5.82 Å². The van der Waals surface area contributed by atoms with Gasteiger partial charge in [0.25, 0.3) is 0 Å². The molecule has 0 radical (unpaired) electrons. The van der Waals surface area contributed by atoms with Crippen LogP contribution in [0.3, 0.4) is 0 Å². The Kier molecular flexibility index (Phi) is 3.27. The van der Waals surface area contributed by atoms with E-state index < -0.39 is 0 Å². The molecule has 2 rings (SSSR count). The summed E-state index contributed by atoms with van der Waals surface area (Å²) in [4.78, 5) is 0. The number of hydrogen-bond acceptors (Lipinski definition) is 3. The van der Waals surface area contributed by atoms with Crippen molar-refractivity contribution >= 4 is 11.4 Å². The van der Waals surface area contributed by atoms with E-state index in [4.69, 9.17) is 5.73 Å². The lowest BCUT2D eigenvalue weighted by molar-refractivity contribution is 0.628. The van der Waals surface area contributed by atoms with Gasteiger partial charge in [-0.2, -0.15) is 5.10 Å². The molecule has 0 saturated carbocycles. The number of anilines is 2. The SMILES string of the molecule is Cn1nccc1CCNc1ccc(F)cc1N. The van der Waals surface area contributed by atoms with Gasteiger partial charge in [0.05, 0.1) is 11.4 Å². The van der Waals surface area contributed by atoms with Crippen LogP contribution in [0.2, 0.25) is 0 Å². The molecule has 0 atom stereocenters. The van der Waals surface area contributed by atoms with Crippen molar-refractivity contribution in [3.05, 3.63) is 42.0 Å². The van der Waals surface area contributed by atoms with Gasteiger partial charge in [-0.3, -0.25) is 4.68 Å². The van der Waals surface area contributed by atoms with Gasteiger partial charge in [-0.05, 0) is 24.3 Å². The fraction of sp³-hybridized carbons (Fsp3) is 0.250. The predicted molar refractivity (Wildman–Crippen MR) is 66.2 cm³/mol. The summed E-state index contributed by atoms with van der Waals surface area (Å²) in [6, 6.07) is 6.32. The molecule has 17 heavy (non-hydrogen) atoms. The zero-order valence-electron chi connectivity index (χ0n) is 9.65. The number of nitrogens with one attached hydrogen (secondary N) is 1. The van der Waals surface area contributed by atoms with Gasteiger partial charge in [-0.25, -0.2) is 4.39 Å². The van der Waals surface area contributed by atoms with Gasteiger partial charge in [0.2, 0.25) is 0 Å². The van der Waals surface area contributed by atoms with Gasteiger partial charge in [-0.1, -0.05) is 0 Å². The van der Waals surface area contributed by atoms with Crippen LogP contribution in [0.25, 0.3) is 0 Å². The Labute approximate surface area is 99.2 Å². The second-order valence-corrected chi connectivity index (χ2v) is 3.85. The lowest BCUT2D eigenvalue weighted by Crippen LogP contribution is -2.09. The van der Waals surface area contributed by atoms with Gasteiger partial charge in [-0.15, -0.1) is 0 Å². The molecule has 3 N–H and O–H groups in total. The van der Waals surface area contributed by atoms with Crippen LogP contribution >= 0.6 is 0 Å². The van der Waals surface area contributed by atoms with E-state index in [9.17, 15) is 4.39 Å². The Morgan fingerprint density at radius 2 is 2.24 bits per heavy atom. The molecule has 90 valence electrons. The highest BCUT2D eigenvalue weighted by atomic mass is 19.1. The lowest BCUT2D eigenvalue weighted by Gasteiger charge is -2.09. The van der Waals surface area contributed by atoms with Crippen LogP contribution in [0.15, 0.2) is 30.5 Å². The average Bonchev–Trinajstić information content (AvgIpc) is 2.68. The highest BCUT2D eigenvalue weighted by Gasteiger charge is 2.01. The van der Waals surface area contributed by atoms with E-state index in [1.165, 1.54) is 12.1 Å². The minimum Gasteiger partial charge on any atom is -0.397 e. The fourth-order valence-corrected chi connectivity index (χ4v) is 1.67. The summed E-state index contributed by atoms with van der Waals surface area (Å²) in [5, 5.41) is 7.26. The molecule has 0 bridgehead atoms. The van der Waals surface area contributed by atoms with E-state index in [1.807, 2.05) is 17.8 Å². The van der Waals surface area contributed by atoms with Crippen molar-refractivity contribution in [1.82, 2.24) is 9.78 Å². The summed E-state index contributed by atoms with van der Waals surface area (Å²) in [7, 11) is 1.90. The quantitative estimate of drug-likeness (QED) is 0.793. The maximum Gasteiger partial charge on any atom is 0.125 e. The number of halogens is 1. The van der Waals surface area contributed by atoms with Crippen LogP contribution in [0, 0.1) is 5.82 Å². The molecule has 1 heterocycles. The Bertz CT molecular complexity index is 507. The molecule has 0 fully saturated rings. The molecule has 5 heteroatoms. The largest absolute Gasteiger partial charge is 0.397 e. The number of nitrogens with zero attached hydrogens (tertiary/aromatic N) is 2. The van der Waals surface area contributed by atoms with Gasteiger partial charge >= 0.3 is 0 Å². The van der Waals surface area contributed by atoms with Crippen molar-refractivity contribution in [3.8, 4) is 0 Å². The van der Waals surface area contributed by atoms with Crippen molar-refractivity contribution in [1.29, 1.82) is 0 Å². The van der Waals surface area contributed by atoms with Crippen LogP contribution in [-0.2, 0) is 13.5 Å². The maximum atomic E-state index is 12.8. The first-order valence-corrected chi connectivity index (χ1v) is 5.42. The van der Waals surface area contributed by atoms with E-state index in [0.717, 1.165) is 24.3 Å². The molecular formula is C12H15FN4. The lowest BCUT2D eigenvalue weighted by atomic mass is 10.2. The predicted octanol–water partition coefficient (Wildman–Crippen LogP) is 1.80. The average molecular weight is 234 g/mol. The molecular weight excluding hydrogens is 219 g/mol. The normalized spacial score (nSPS) is 10.5. The third kappa shape index (κ3) is 2.75. The Balaban J connectivity index is 1.92. The zero-order valence-corrected chi connectivity index (χ0v) is 9.65. The minimum atomic E-state index is -0.320. The topological polar surface area (TPSA) is 55.9 Å². The molecule has 2 aromatic rings. The number of hydrogen-bond donors (Lipinski definition) is 2. The molecule has 0 saturated heterocycles. The minimum absolute atomic E-state index is 0.320. The van der Waals surface area contributed by atoms with Crippen molar-refractivity contribution in [3.63, 3.8) is 0 Å². The first-order chi connectivity index (χ1) is 8.16. The van der Waals surface area contributed by atoms with Crippen LogP contribution in [0.1, 0.15) is 5.69 Å². The number of nitrogens with two attached hydrogens (primary N) is 1. The van der Waals surface area contributed by atoms with Crippen molar-refractivity contribution in [2.24, 2.45) is 7.05 Å². The second-order valence-electron chi connectivity index (χ2n) is 3.85. The molecule has 1 aromatic carbocycles. The third-order valence-corrected chi connectivity index (χ3v) is 2.63. The summed E-state index contributed by atoms with van der Waals surface area (Å²) in [5.41, 5.74) is 8.01. The Morgan fingerprint density at radius 3 is 2.88 bits per heavy atom. The van der Waals surface area contributed by atoms with Crippen molar-refractivity contribution in [2.75, 3.05) is 17.6 Å². The van der Waals surface area contributed by atoms with E-state index in [-0.39, 0.29) is 5.82 Å². The summed E-state index contributed by atoms with van der Waals surface area (Å²) >= 11 is 0. The van der Waals surface area contributed by atoms with Crippen LogP contribution < -0.4 is 11.1 Å². The smallest absolute Gasteiger partial charge is 0.125 e. The van der Waals surface area contributed by atoms with Gasteiger partial charge in [0.15, 0.2) is 0 Å². The van der Waals surface area contributed by atoms with Crippen LogP contribution in [-0.4, -0.2) is 16.3 Å². The summed E-state index contributed by atoms with van der Waals surface area (Å²) in [6.07, 6.45) is 2.61. The first-order valence-electron chi connectivity index (χ1n) is 5.42. The highest BCUT2D eigenvalue weighted by molar-refractivity contribution is 5.65. The molecule has 0 amide bonds. The number of aryl methyl sites for hydroxylation is 1. The molecule has 0 aliphatic rings. The Hall–Kier alpha value is -2.04. The maximum absolute atomic E-state index is 12.8. The van der Waals surface area contributed by atoms with Crippen LogP contribution in [0.5, 0.6) is 0 Å². The number of benzene rings is 1. The molecule has 4 nitrogen and oxygen atoms in total. The van der Waals surface area contributed by atoms with Gasteiger partial charge < -0.3 is 11.1 Å². The highest BCUT2D eigenvalue weighted by Crippen LogP contribution is 2.18. The standard InChI is InChI=1S/C12H15FN4/c1-17-10(5-7-16-17)4-6-15-12-3-2-9(13)8-11(12)14/h2-3,5,7-8,15H,4,6,14H2,1H3. The number of aromatic nitrogens is 2. The second kappa shape index (κ2) is 4.86. The van der Waals surface area contributed by atoms with E-state index >= 15 is 0 Å². The van der Waals surface area contributed by atoms with Crippen molar-refractivity contribution in [2.45, 2.75) is 6.42 Å². The van der Waals surface area contributed by atoms with Gasteiger partial charge in [0, 0.05) is 31.9 Å². The molecule has 0 aliphatic heterocycles. The monoisotopic (exact) mass is 234 g/mol. The molecule has 1 aromatic heterocycles. The van der Waals surface area contributed by atoms with E-state index in [0.29, 0.717) is 5.69 Å². The molecule has 0 aliphatic carbocycles. The molecule has 0 unspecified atom stereocenters. The van der Waals surface area contributed by atoms with Crippen molar-refractivity contribution < 1.29 is 4.39 Å². The van der Waals surface area contributed by atoms with Crippen LogP contribution in [0.4, 0.5) is 15.8 Å².